The highest BCUT2D eigenvalue weighted by molar-refractivity contribution is 6.33. The van der Waals surface area contributed by atoms with Crippen molar-refractivity contribution in [2.75, 3.05) is 0 Å². The van der Waals surface area contributed by atoms with Gasteiger partial charge < -0.3 is 5.11 Å². The van der Waals surface area contributed by atoms with Crippen LogP contribution in [0.3, 0.4) is 0 Å². The van der Waals surface area contributed by atoms with Crippen LogP contribution in [-0.4, -0.2) is 20.1 Å². The third-order valence-electron chi connectivity index (χ3n) is 3.03. The van der Waals surface area contributed by atoms with Crippen molar-refractivity contribution in [3.8, 4) is 5.69 Å². The number of halogens is 2. The minimum atomic E-state index is -0.978. The summed E-state index contributed by atoms with van der Waals surface area (Å²) in [6.45, 7) is 0. The minimum Gasteiger partial charge on any atom is -0.382 e. The smallest absolute Gasteiger partial charge is 0.126 e. The molecule has 1 aromatic heterocycles. The van der Waals surface area contributed by atoms with Gasteiger partial charge in [-0.15, -0.1) is 0 Å². The SMILES string of the molecule is OC(c1cnn(-c2ccccc2)n1)c1cc(Cl)ccc1Cl. The van der Waals surface area contributed by atoms with Gasteiger partial charge in [-0.25, -0.2) is 0 Å². The van der Waals surface area contributed by atoms with Gasteiger partial charge in [-0.05, 0) is 30.3 Å². The summed E-state index contributed by atoms with van der Waals surface area (Å²) in [6, 6.07) is 14.4. The van der Waals surface area contributed by atoms with Crippen molar-refractivity contribution in [2.45, 2.75) is 6.10 Å². The number of para-hydroxylation sites is 1. The van der Waals surface area contributed by atoms with Crippen molar-refractivity contribution >= 4 is 23.2 Å². The molecule has 6 heteroatoms. The van der Waals surface area contributed by atoms with E-state index < -0.39 is 6.10 Å². The van der Waals surface area contributed by atoms with Crippen molar-refractivity contribution in [2.24, 2.45) is 0 Å². The second kappa shape index (κ2) is 5.85. The molecule has 0 aliphatic carbocycles. The summed E-state index contributed by atoms with van der Waals surface area (Å²) >= 11 is 12.0. The number of hydrogen-bond acceptors (Lipinski definition) is 3. The number of benzene rings is 2. The maximum Gasteiger partial charge on any atom is 0.126 e. The van der Waals surface area contributed by atoms with Gasteiger partial charge in [-0.3, -0.25) is 0 Å². The Kier molecular flexibility index (Phi) is 3.92. The van der Waals surface area contributed by atoms with Crippen molar-refractivity contribution in [1.82, 2.24) is 15.0 Å². The van der Waals surface area contributed by atoms with Gasteiger partial charge in [0, 0.05) is 15.6 Å². The quantitative estimate of drug-likeness (QED) is 0.801. The van der Waals surface area contributed by atoms with Crippen molar-refractivity contribution in [3.05, 3.63) is 76.0 Å². The van der Waals surface area contributed by atoms with Gasteiger partial charge >= 0.3 is 0 Å². The Morgan fingerprint density at radius 3 is 2.57 bits per heavy atom. The predicted octanol–water partition coefficient (Wildman–Crippen LogP) is 3.66. The van der Waals surface area contributed by atoms with Crippen LogP contribution in [0.15, 0.2) is 54.7 Å². The fourth-order valence-corrected chi connectivity index (χ4v) is 2.37. The summed E-state index contributed by atoms with van der Waals surface area (Å²) in [6.07, 6.45) is 0.531. The first-order chi connectivity index (χ1) is 10.1. The van der Waals surface area contributed by atoms with E-state index in [0.717, 1.165) is 5.69 Å². The fraction of sp³-hybridized carbons (Fsp3) is 0.0667. The van der Waals surface area contributed by atoms with E-state index in [0.29, 0.717) is 21.3 Å². The summed E-state index contributed by atoms with van der Waals surface area (Å²) < 4.78 is 0. The van der Waals surface area contributed by atoms with Crippen LogP contribution in [0.5, 0.6) is 0 Å². The molecule has 21 heavy (non-hydrogen) atoms. The van der Waals surface area contributed by atoms with Gasteiger partial charge in [0.25, 0.3) is 0 Å². The first-order valence-electron chi connectivity index (χ1n) is 6.26. The molecule has 0 saturated carbocycles. The third-order valence-corrected chi connectivity index (χ3v) is 3.61. The molecule has 0 fully saturated rings. The number of hydrogen-bond donors (Lipinski definition) is 1. The molecule has 0 aliphatic rings. The van der Waals surface area contributed by atoms with Gasteiger partial charge in [0.2, 0.25) is 0 Å². The van der Waals surface area contributed by atoms with Crippen molar-refractivity contribution in [3.63, 3.8) is 0 Å². The molecule has 3 aromatic rings. The fourth-order valence-electron chi connectivity index (χ4n) is 1.97. The van der Waals surface area contributed by atoms with Crippen molar-refractivity contribution in [1.29, 1.82) is 0 Å². The van der Waals surface area contributed by atoms with Crippen molar-refractivity contribution < 1.29 is 5.11 Å². The van der Waals surface area contributed by atoms with Gasteiger partial charge in [0.1, 0.15) is 11.8 Å². The highest BCUT2D eigenvalue weighted by Gasteiger charge is 2.18. The Hall–Kier alpha value is -1.88. The molecule has 1 N–H and O–H groups in total. The van der Waals surface area contributed by atoms with Gasteiger partial charge in [-0.1, -0.05) is 41.4 Å². The maximum absolute atomic E-state index is 10.4. The van der Waals surface area contributed by atoms with E-state index in [1.165, 1.54) is 11.0 Å². The molecule has 0 spiro atoms. The van der Waals surface area contributed by atoms with Gasteiger partial charge in [0.15, 0.2) is 0 Å². The molecule has 0 amide bonds. The maximum atomic E-state index is 10.4. The Morgan fingerprint density at radius 2 is 1.81 bits per heavy atom. The molecule has 2 aromatic carbocycles. The molecule has 0 saturated heterocycles. The third kappa shape index (κ3) is 2.93. The Bertz CT molecular complexity index is 759. The van der Waals surface area contributed by atoms with Crippen LogP contribution in [0.4, 0.5) is 0 Å². The number of rotatable bonds is 3. The molecular formula is C15H11Cl2N3O. The van der Waals surface area contributed by atoms with E-state index in [1.807, 2.05) is 30.3 Å². The number of nitrogens with zero attached hydrogens (tertiary/aromatic N) is 3. The molecule has 0 bridgehead atoms. The summed E-state index contributed by atoms with van der Waals surface area (Å²) in [7, 11) is 0. The monoisotopic (exact) mass is 319 g/mol. The number of aliphatic hydroxyl groups excluding tert-OH is 1. The molecule has 106 valence electrons. The normalized spacial score (nSPS) is 12.3. The topological polar surface area (TPSA) is 50.9 Å². The Morgan fingerprint density at radius 1 is 1.05 bits per heavy atom. The summed E-state index contributed by atoms with van der Waals surface area (Å²) in [5.41, 5.74) is 1.72. The van der Waals surface area contributed by atoms with Crippen LogP contribution in [-0.2, 0) is 0 Å². The lowest BCUT2D eigenvalue weighted by Gasteiger charge is -2.10. The van der Waals surface area contributed by atoms with Gasteiger partial charge in [-0.2, -0.15) is 15.0 Å². The molecule has 0 aliphatic heterocycles. The average molecular weight is 320 g/mol. The van der Waals surface area contributed by atoms with E-state index in [-0.39, 0.29) is 0 Å². The lowest BCUT2D eigenvalue weighted by atomic mass is 10.1. The number of aromatic nitrogens is 3. The summed E-state index contributed by atoms with van der Waals surface area (Å²) in [4.78, 5) is 1.46. The van der Waals surface area contributed by atoms with Crippen LogP contribution < -0.4 is 0 Å². The lowest BCUT2D eigenvalue weighted by molar-refractivity contribution is 0.215. The summed E-state index contributed by atoms with van der Waals surface area (Å²) in [5, 5.41) is 19.8. The number of aliphatic hydroxyl groups is 1. The zero-order valence-corrected chi connectivity index (χ0v) is 12.3. The second-order valence-electron chi connectivity index (χ2n) is 4.46. The summed E-state index contributed by atoms with van der Waals surface area (Å²) in [5.74, 6) is 0. The van der Waals surface area contributed by atoms with E-state index in [1.54, 1.807) is 18.2 Å². The van der Waals surface area contributed by atoms with Gasteiger partial charge in [0.05, 0.1) is 11.9 Å². The zero-order valence-electron chi connectivity index (χ0n) is 10.8. The highest BCUT2D eigenvalue weighted by Crippen LogP contribution is 2.29. The Labute approximate surface area is 131 Å². The van der Waals surface area contributed by atoms with E-state index in [4.69, 9.17) is 23.2 Å². The van der Waals surface area contributed by atoms with Crippen LogP contribution in [0.1, 0.15) is 17.4 Å². The van der Waals surface area contributed by atoms with E-state index in [9.17, 15) is 5.11 Å². The van der Waals surface area contributed by atoms with E-state index >= 15 is 0 Å². The zero-order chi connectivity index (χ0) is 14.8. The Balaban J connectivity index is 1.94. The molecule has 1 heterocycles. The second-order valence-corrected chi connectivity index (χ2v) is 5.31. The molecular weight excluding hydrogens is 309 g/mol. The first-order valence-corrected chi connectivity index (χ1v) is 7.01. The molecule has 4 nitrogen and oxygen atoms in total. The largest absolute Gasteiger partial charge is 0.382 e. The van der Waals surface area contributed by atoms with Crippen LogP contribution in [0.2, 0.25) is 10.0 Å². The molecule has 3 rings (SSSR count). The minimum absolute atomic E-state index is 0.406. The lowest BCUT2D eigenvalue weighted by Crippen LogP contribution is -2.04. The van der Waals surface area contributed by atoms with Crippen LogP contribution >= 0.6 is 23.2 Å². The molecule has 1 unspecified atom stereocenters. The highest BCUT2D eigenvalue weighted by atomic mass is 35.5. The molecule has 1 atom stereocenters. The standard InChI is InChI=1S/C15H11Cl2N3O/c16-10-6-7-13(17)12(8-10)15(21)14-9-18-20(19-14)11-4-2-1-3-5-11/h1-9,15,21H. The predicted molar refractivity (Wildman–Crippen MR) is 81.9 cm³/mol. The molecule has 0 radical (unpaired) electrons. The first kappa shape index (κ1) is 14.1. The van der Waals surface area contributed by atoms with Crippen LogP contribution in [0.25, 0.3) is 5.69 Å². The van der Waals surface area contributed by atoms with E-state index in [2.05, 4.69) is 10.2 Å². The average Bonchev–Trinajstić information content (AvgIpc) is 3.00. The van der Waals surface area contributed by atoms with Crippen LogP contribution in [0, 0.1) is 0 Å².